The molecule has 2 rings (SSSR count). The molecule has 0 unspecified atom stereocenters. The predicted molar refractivity (Wildman–Crippen MR) is 90.6 cm³/mol. The first-order valence-electron chi connectivity index (χ1n) is 7.26. The van der Waals surface area contributed by atoms with E-state index in [-0.39, 0.29) is 5.91 Å². The number of hydrazone groups is 1. The summed E-state index contributed by atoms with van der Waals surface area (Å²) in [5.41, 5.74) is 4.60. The number of carbonyl (C=O) groups is 1. The minimum absolute atomic E-state index is 0.0721. The lowest BCUT2D eigenvalue weighted by molar-refractivity contribution is -0.900. The van der Waals surface area contributed by atoms with E-state index in [0.29, 0.717) is 6.54 Å². The van der Waals surface area contributed by atoms with Gasteiger partial charge in [-0.15, -0.1) is 0 Å². The first-order chi connectivity index (χ1) is 10.6. The van der Waals surface area contributed by atoms with Crippen LogP contribution in [0.2, 0.25) is 0 Å². The normalized spacial score (nSPS) is 16.0. The highest BCUT2D eigenvalue weighted by atomic mass is 79.9. The summed E-state index contributed by atoms with van der Waals surface area (Å²) < 4.78 is 6.26. The van der Waals surface area contributed by atoms with Crippen LogP contribution in [0.4, 0.5) is 5.69 Å². The van der Waals surface area contributed by atoms with Crippen molar-refractivity contribution in [2.24, 2.45) is 5.10 Å². The van der Waals surface area contributed by atoms with Crippen molar-refractivity contribution in [1.82, 2.24) is 5.43 Å². The molecule has 0 aromatic heterocycles. The average molecular weight is 370 g/mol. The van der Waals surface area contributed by atoms with Crippen molar-refractivity contribution in [2.75, 3.05) is 51.8 Å². The van der Waals surface area contributed by atoms with Crippen LogP contribution in [0.15, 0.2) is 27.8 Å². The van der Waals surface area contributed by atoms with Crippen LogP contribution < -0.4 is 15.2 Å². The van der Waals surface area contributed by atoms with Crippen LogP contribution in [0.25, 0.3) is 0 Å². The van der Waals surface area contributed by atoms with Crippen molar-refractivity contribution in [3.05, 3.63) is 28.2 Å². The van der Waals surface area contributed by atoms with Crippen molar-refractivity contribution < 1.29 is 14.4 Å². The fourth-order valence-electron chi connectivity index (χ4n) is 2.25. The fourth-order valence-corrected chi connectivity index (χ4v) is 3.00. The Balaban J connectivity index is 1.84. The quantitative estimate of drug-likeness (QED) is 0.562. The number of nitrogens with zero attached hydrogens (tertiary/aromatic N) is 2. The molecule has 1 aliphatic heterocycles. The molecule has 0 spiro atoms. The van der Waals surface area contributed by atoms with Crippen LogP contribution in [-0.2, 0) is 9.53 Å². The van der Waals surface area contributed by atoms with Gasteiger partial charge in [0.05, 0.1) is 25.1 Å². The van der Waals surface area contributed by atoms with Gasteiger partial charge in [0.1, 0.15) is 13.1 Å². The standard InChI is InChI=1S/C15H21BrN4O2/c1-19(2)14-4-3-12(9-13(14)16)10-17-18-15(21)11-20-5-7-22-8-6-20/h3-4,9-10H,5-8,11H2,1-2H3,(H,18,21)/p+1/b17-10-. The summed E-state index contributed by atoms with van der Waals surface area (Å²) in [5.74, 6) is -0.0721. The summed E-state index contributed by atoms with van der Waals surface area (Å²) in [6, 6.07) is 5.94. The lowest BCUT2D eigenvalue weighted by Gasteiger charge is -2.22. The second-order valence-corrected chi connectivity index (χ2v) is 6.29. The molecule has 1 amide bonds. The van der Waals surface area contributed by atoms with Crippen molar-refractivity contribution >= 4 is 33.7 Å². The van der Waals surface area contributed by atoms with E-state index in [1.54, 1.807) is 6.21 Å². The van der Waals surface area contributed by atoms with Gasteiger partial charge in [0.2, 0.25) is 0 Å². The van der Waals surface area contributed by atoms with E-state index in [2.05, 4.69) is 26.5 Å². The van der Waals surface area contributed by atoms with Gasteiger partial charge in [-0.3, -0.25) is 4.79 Å². The van der Waals surface area contributed by atoms with E-state index < -0.39 is 0 Å². The van der Waals surface area contributed by atoms with Crippen molar-refractivity contribution in [3.8, 4) is 0 Å². The van der Waals surface area contributed by atoms with Crippen LogP contribution >= 0.6 is 15.9 Å². The highest BCUT2D eigenvalue weighted by Crippen LogP contribution is 2.25. The highest BCUT2D eigenvalue weighted by molar-refractivity contribution is 9.10. The number of carbonyl (C=O) groups excluding carboxylic acids is 1. The van der Waals surface area contributed by atoms with Crippen LogP contribution in [-0.4, -0.2) is 59.1 Å². The number of ether oxygens (including phenoxy) is 1. The highest BCUT2D eigenvalue weighted by Gasteiger charge is 2.16. The molecular formula is C15H22BrN4O2+. The van der Waals surface area contributed by atoms with Gasteiger partial charge in [-0.05, 0) is 33.6 Å². The number of quaternary nitrogens is 1. The van der Waals surface area contributed by atoms with Crippen molar-refractivity contribution in [3.63, 3.8) is 0 Å². The second-order valence-electron chi connectivity index (χ2n) is 5.44. The SMILES string of the molecule is CN(C)c1ccc(/C=N\NC(=O)C[NH+]2CCOCC2)cc1Br. The number of halogens is 1. The zero-order valence-electron chi connectivity index (χ0n) is 12.9. The lowest BCUT2D eigenvalue weighted by Crippen LogP contribution is -3.15. The van der Waals surface area contributed by atoms with E-state index in [1.165, 1.54) is 4.90 Å². The zero-order valence-corrected chi connectivity index (χ0v) is 14.5. The first kappa shape index (κ1) is 16.9. The van der Waals surface area contributed by atoms with Gasteiger partial charge in [-0.25, -0.2) is 5.43 Å². The average Bonchev–Trinajstić information content (AvgIpc) is 2.48. The predicted octanol–water partition coefficient (Wildman–Crippen LogP) is -0.120. The van der Waals surface area contributed by atoms with Crippen LogP contribution in [0.3, 0.4) is 0 Å². The number of hydrogen-bond donors (Lipinski definition) is 2. The molecule has 120 valence electrons. The summed E-state index contributed by atoms with van der Waals surface area (Å²) in [6.45, 7) is 3.62. The molecule has 1 aliphatic rings. The van der Waals surface area contributed by atoms with E-state index in [0.717, 1.165) is 42.0 Å². The number of rotatable bonds is 5. The molecule has 1 saturated heterocycles. The Morgan fingerprint density at radius 2 is 2.18 bits per heavy atom. The van der Waals surface area contributed by atoms with Crippen LogP contribution in [0.5, 0.6) is 0 Å². The maximum absolute atomic E-state index is 11.8. The molecule has 0 radical (unpaired) electrons. The van der Waals surface area contributed by atoms with Crippen LogP contribution in [0.1, 0.15) is 5.56 Å². The van der Waals surface area contributed by atoms with E-state index in [4.69, 9.17) is 4.74 Å². The number of hydrogen-bond acceptors (Lipinski definition) is 4. The third-order valence-electron chi connectivity index (χ3n) is 3.47. The Morgan fingerprint density at radius 3 is 2.82 bits per heavy atom. The van der Waals surface area contributed by atoms with E-state index >= 15 is 0 Å². The molecule has 1 heterocycles. The molecule has 1 aromatic rings. The minimum atomic E-state index is -0.0721. The Kier molecular flexibility index (Phi) is 6.35. The van der Waals surface area contributed by atoms with Gasteiger partial charge in [0, 0.05) is 18.6 Å². The Labute approximate surface area is 139 Å². The Morgan fingerprint density at radius 1 is 1.45 bits per heavy atom. The van der Waals surface area contributed by atoms with Gasteiger partial charge in [0.25, 0.3) is 5.91 Å². The van der Waals surface area contributed by atoms with Crippen LogP contribution in [0, 0.1) is 0 Å². The zero-order chi connectivity index (χ0) is 15.9. The molecule has 0 bridgehead atoms. The molecule has 0 saturated carbocycles. The molecule has 6 nitrogen and oxygen atoms in total. The molecule has 22 heavy (non-hydrogen) atoms. The van der Waals surface area contributed by atoms with Crippen molar-refractivity contribution in [1.29, 1.82) is 0 Å². The molecule has 0 atom stereocenters. The molecule has 2 N–H and O–H groups in total. The number of benzene rings is 1. The van der Waals surface area contributed by atoms with Gasteiger partial charge in [-0.2, -0.15) is 5.10 Å². The Hall–Kier alpha value is -1.44. The topological polar surface area (TPSA) is 58.4 Å². The van der Waals surface area contributed by atoms with Gasteiger partial charge in [0.15, 0.2) is 6.54 Å². The summed E-state index contributed by atoms with van der Waals surface area (Å²) in [5, 5.41) is 4.02. The lowest BCUT2D eigenvalue weighted by atomic mass is 10.2. The summed E-state index contributed by atoms with van der Waals surface area (Å²) in [4.78, 5) is 15.1. The summed E-state index contributed by atoms with van der Waals surface area (Å²) in [6.07, 6.45) is 1.65. The smallest absolute Gasteiger partial charge is 0.295 e. The molecule has 7 heteroatoms. The second kappa shape index (κ2) is 8.26. The maximum atomic E-state index is 11.8. The first-order valence-corrected chi connectivity index (χ1v) is 8.05. The van der Waals surface area contributed by atoms with Crippen molar-refractivity contribution in [2.45, 2.75) is 0 Å². The number of nitrogens with one attached hydrogen (secondary N) is 2. The fraction of sp³-hybridized carbons (Fsp3) is 0.467. The summed E-state index contributed by atoms with van der Waals surface area (Å²) >= 11 is 3.53. The third-order valence-corrected chi connectivity index (χ3v) is 4.10. The molecular weight excluding hydrogens is 348 g/mol. The third kappa shape index (κ3) is 5.08. The monoisotopic (exact) mass is 369 g/mol. The number of amides is 1. The summed E-state index contributed by atoms with van der Waals surface area (Å²) in [7, 11) is 3.98. The Bertz CT molecular complexity index is 542. The maximum Gasteiger partial charge on any atom is 0.295 e. The largest absolute Gasteiger partial charge is 0.377 e. The van der Waals surface area contributed by atoms with Gasteiger partial charge >= 0.3 is 0 Å². The van der Waals surface area contributed by atoms with E-state index in [9.17, 15) is 4.79 Å². The molecule has 0 aliphatic carbocycles. The number of anilines is 1. The van der Waals surface area contributed by atoms with Gasteiger partial charge < -0.3 is 14.5 Å². The number of morpholine rings is 1. The van der Waals surface area contributed by atoms with E-state index in [1.807, 2.05) is 37.2 Å². The molecule has 1 fully saturated rings. The van der Waals surface area contributed by atoms with Gasteiger partial charge in [-0.1, -0.05) is 6.07 Å². The molecule has 1 aromatic carbocycles. The minimum Gasteiger partial charge on any atom is -0.377 e.